The lowest BCUT2D eigenvalue weighted by Gasteiger charge is -2.16. The lowest BCUT2D eigenvalue weighted by atomic mass is 9.95. The molecule has 2 nitrogen and oxygen atoms in total. The van der Waals surface area contributed by atoms with E-state index in [1.807, 2.05) is 12.4 Å². The summed E-state index contributed by atoms with van der Waals surface area (Å²) in [5.41, 5.74) is 5.38. The van der Waals surface area contributed by atoms with Gasteiger partial charge >= 0.3 is 0 Å². The zero-order chi connectivity index (χ0) is 13.0. The smallest absolute Gasteiger partial charge is 0.122 e. The predicted molar refractivity (Wildman–Crippen MR) is 77.4 cm³/mol. The van der Waals surface area contributed by atoms with E-state index in [-0.39, 0.29) is 0 Å². The quantitative estimate of drug-likeness (QED) is 0.776. The van der Waals surface area contributed by atoms with Crippen LogP contribution in [0.4, 0.5) is 0 Å². The van der Waals surface area contributed by atoms with E-state index in [9.17, 15) is 0 Å². The molecule has 0 aliphatic rings. The summed E-state index contributed by atoms with van der Waals surface area (Å²) in [5.74, 6) is 1.51. The number of aromatic nitrogens is 1. The van der Waals surface area contributed by atoms with Gasteiger partial charge in [0.1, 0.15) is 5.75 Å². The SMILES string of the molecule is CCOc1ccc(-c2cscn2)cc1C(C)CC. The first-order chi connectivity index (χ1) is 8.76. The minimum atomic E-state index is 0.505. The van der Waals surface area contributed by atoms with Crippen molar-refractivity contribution < 1.29 is 4.74 Å². The topological polar surface area (TPSA) is 22.1 Å². The van der Waals surface area contributed by atoms with Crippen LogP contribution in [0.1, 0.15) is 38.7 Å². The molecule has 0 radical (unpaired) electrons. The van der Waals surface area contributed by atoms with Gasteiger partial charge in [0, 0.05) is 10.9 Å². The van der Waals surface area contributed by atoms with Gasteiger partial charge in [0.05, 0.1) is 17.8 Å². The summed E-state index contributed by atoms with van der Waals surface area (Å²) >= 11 is 1.63. The second-order valence-electron chi connectivity index (χ2n) is 4.37. The van der Waals surface area contributed by atoms with Crippen molar-refractivity contribution in [2.45, 2.75) is 33.1 Å². The standard InChI is InChI=1S/C15H19NOS/c1-4-11(3)13-8-12(14-9-18-10-16-14)6-7-15(13)17-5-2/h6-11H,4-5H2,1-3H3. The van der Waals surface area contributed by atoms with Crippen molar-refractivity contribution in [3.05, 3.63) is 34.7 Å². The fraction of sp³-hybridized carbons (Fsp3) is 0.400. The molecule has 0 aliphatic carbocycles. The van der Waals surface area contributed by atoms with Crippen molar-refractivity contribution >= 4 is 11.3 Å². The zero-order valence-electron chi connectivity index (χ0n) is 11.1. The van der Waals surface area contributed by atoms with Crippen molar-refractivity contribution in [1.29, 1.82) is 0 Å². The highest BCUT2D eigenvalue weighted by atomic mass is 32.1. The zero-order valence-corrected chi connectivity index (χ0v) is 12.0. The number of ether oxygens (including phenoxy) is 1. The van der Waals surface area contributed by atoms with Gasteiger partial charge in [-0.3, -0.25) is 0 Å². The van der Waals surface area contributed by atoms with E-state index in [0.29, 0.717) is 12.5 Å². The first kappa shape index (κ1) is 13.1. The maximum atomic E-state index is 5.71. The van der Waals surface area contributed by atoms with Gasteiger partial charge < -0.3 is 4.74 Å². The van der Waals surface area contributed by atoms with Crippen molar-refractivity contribution in [1.82, 2.24) is 4.98 Å². The summed E-state index contributed by atoms with van der Waals surface area (Å²) in [5, 5.41) is 2.08. The third kappa shape index (κ3) is 2.72. The number of nitrogens with zero attached hydrogens (tertiary/aromatic N) is 1. The largest absolute Gasteiger partial charge is 0.494 e. The van der Waals surface area contributed by atoms with Crippen LogP contribution in [-0.4, -0.2) is 11.6 Å². The van der Waals surface area contributed by atoms with Crippen molar-refractivity contribution in [3.63, 3.8) is 0 Å². The second kappa shape index (κ2) is 6.01. The highest BCUT2D eigenvalue weighted by Crippen LogP contribution is 2.33. The van der Waals surface area contributed by atoms with Crippen molar-refractivity contribution in [2.24, 2.45) is 0 Å². The van der Waals surface area contributed by atoms with Crippen LogP contribution >= 0.6 is 11.3 Å². The third-order valence-electron chi connectivity index (χ3n) is 3.18. The van der Waals surface area contributed by atoms with E-state index < -0.39 is 0 Å². The summed E-state index contributed by atoms with van der Waals surface area (Å²) in [7, 11) is 0. The molecule has 2 aromatic rings. The van der Waals surface area contributed by atoms with Gasteiger partial charge in [-0.05, 0) is 43.0 Å². The monoisotopic (exact) mass is 261 g/mol. The average molecular weight is 261 g/mol. The van der Waals surface area contributed by atoms with Gasteiger partial charge in [-0.2, -0.15) is 0 Å². The molecule has 2 rings (SSSR count). The highest BCUT2D eigenvalue weighted by molar-refractivity contribution is 7.07. The van der Waals surface area contributed by atoms with Crippen LogP contribution in [0.5, 0.6) is 5.75 Å². The number of thiazole rings is 1. The minimum Gasteiger partial charge on any atom is -0.494 e. The normalized spacial score (nSPS) is 12.4. The van der Waals surface area contributed by atoms with Crippen LogP contribution in [0.2, 0.25) is 0 Å². The Balaban J connectivity index is 2.41. The first-order valence-electron chi connectivity index (χ1n) is 6.41. The van der Waals surface area contributed by atoms with Crippen molar-refractivity contribution in [2.75, 3.05) is 6.61 Å². The molecule has 1 unspecified atom stereocenters. The van der Waals surface area contributed by atoms with Crippen LogP contribution in [0, 0.1) is 0 Å². The molecule has 0 aliphatic heterocycles. The van der Waals surface area contributed by atoms with Crippen LogP contribution in [0.15, 0.2) is 29.1 Å². The number of hydrogen-bond donors (Lipinski definition) is 0. The summed E-state index contributed by atoms with van der Waals surface area (Å²) in [4.78, 5) is 4.37. The lowest BCUT2D eigenvalue weighted by Crippen LogP contribution is -2.00. The van der Waals surface area contributed by atoms with E-state index in [1.54, 1.807) is 11.3 Å². The lowest BCUT2D eigenvalue weighted by molar-refractivity contribution is 0.334. The number of hydrogen-bond acceptors (Lipinski definition) is 3. The average Bonchev–Trinajstić information content (AvgIpc) is 2.92. The number of benzene rings is 1. The minimum absolute atomic E-state index is 0.505. The Morgan fingerprint density at radius 1 is 1.33 bits per heavy atom. The van der Waals surface area contributed by atoms with Crippen LogP contribution < -0.4 is 4.74 Å². The predicted octanol–water partition coefficient (Wildman–Crippen LogP) is 4.72. The van der Waals surface area contributed by atoms with E-state index in [1.165, 1.54) is 11.1 Å². The molecule has 0 bridgehead atoms. The fourth-order valence-electron chi connectivity index (χ4n) is 1.95. The first-order valence-corrected chi connectivity index (χ1v) is 7.35. The maximum Gasteiger partial charge on any atom is 0.122 e. The molecule has 0 spiro atoms. The Labute approximate surface area is 113 Å². The van der Waals surface area contributed by atoms with Gasteiger partial charge in [0.15, 0.2) is 0 Å². The van der Waals surface area contributed by atoms with E-state index in [2.05, 4.69) is 42.4 Å². The van der Waals surface area contributed by atoms with Crippen LogP contribution in [0.25, 0.3) is 11.3 Å². The van der Waals surface area contributed by atoms with Gasteiger partial charge in [0.25, 0.3) is 0 Å². The third-order valence-corrected chi connectivity index (χ3v) is 3.77. The second-order valence-corrected chi connectivity index (χ2v) is 5.09. The highest BCUT2D eigenvalue weighted by Gasteiger charge is 2.12. The summed E-state index contributed by atoms with van der Waals surface area (Å²) in [6.07, 6.45) is 1.11. The molecule has 1 atom stereocenters. The molecule has 1 aromatic heterocycles. The molecule has 0 saturated heterocycles. The Morgan fingerprint density at radius 2 is 2.17 bits per heavy atom. The summed E-state index contributed by atoms with van der Waals surface area (Å²) in [6.45, 7) is 7.17. The molecule has 3 heteroatoms. The molecule has 1 heterocycles. The van der Waals surface area contributed by atoms with Gasteiger partial charge in [0.2, 0.25) is 0 Å². The van der Waals surface area contributed by atoms with Gasteiger partial charge in [-0.25, -0.2) is 4.98 Å². The van der Waals surface area contributed by atoms with E-state index >= 15 is 0 Å². The molecule has 18 heavy (non-hydrogen) atoms. The van der Waals surface area contributed by atoms with Gasteiger partial charge in [-0.1, -0.05) is 13.8 Å². The molecule has 0 saturated carbocycles. The van der Waals surface area contributed by atoms with Crippen molar-refractivity contribution in [3.8, 4) is 17.0 Å². The molecule has 1 aromatic carbocycles. The summed E-state index contributed by atoms with van der Waals surface area (Å²) < 4.78 is 5.71. The molecule has 96 valence electrons. The number of rotatable bonds is 5. The molecular weight excluding hydrogens is 242 g/mol. The molecule has 0 fully saturated rings. The summed E-state index contributed by atoms with van der Waals surface area (Å²) in [6, 6.07) is 6.37. The van der Waals surface area contributed by atoms with Gasteiger partial charge in [-0.15, -0.1) is 11.3 Å². The Hall–Kier alpha value is -1.35. The Kier molecular flexibility index (Phi) is 4.37. The van der Waals surface area contributed by atoms with Crippen LogP contribution in [-0.2, 0) is 0 Å². The van der Waals surface area contributed by atoms with E-state index in [4.69, 9.17) is 4.74 Å². The Morgan fingerprint density at radius 3 is 2.78 bits per heavy atom. The molecular formula is C15H19NOS. The van der Waals surface area contributed by atoms with E-state index in [0.717, 1.165) is 17.9 Å². The maximum absolute atomic E-state index is 5.71. The fourth-order valence-corrected chi connectivity index (χ4v) is 2.52. The molecule has 0 N–H and O–H groups in total. The molecule has 0 amide bonds. The Bertz CT molecular complexity index is 493. The van der Waals surface area contributed by atoms with Crippen LogP contribution in [0.3, 0.4) is 0 Å².